The molecule has 4 rings (SSSR count). The van der Waals surface area contributed by atoms with Crippen LogP contribution in [0.3, 0.4) is 0 Å². The second kappa shape index (κ2) is 6.84. The summed E-state index contributed by atoms with van der Waals surface area (Å²) >= 11 is 0. The van der Waals surface area contributed by atoms with E-state index in [1.807, 2.05) is 36.4 Å². The number of hydrogen-bond donors (Lipinski definition) is 3. The molecule has 1 aromatic heterocycles. The number of fused-ring (bicyclic) bond motifs is 1. The van der Waals surface area contributed by atoms with Gasteiger partial charge < -0.3 is 16.0 Å². The summed E-state index contributed by atoms with van der Waals surface area (Å²) in [4.78, 5) is 30.5. The van der Waals surface area contributed by atoms with E-state index in [2.05, 4.69) is 15.3 Å². The molecule has 0 fully saturated rings. The van der Waals surface area contributed by atoms with E-state index in [9.17, 15) is 14.9 Å². The number of imidazole rings is 1. The number of nitrogens with one attached hydrogen (secondary N) is 2. The van der Waals surface area contributed by atoms with Gasteiger partial charge in [-0.25, -0.2) is 4.98 Å². The van der Waals surface area contributed by atoms with Crippen LogP contribution in [0.15, 0.2) is 66.7 Å². The zero-order valence-corrected chi connectivity index (χ0v) is 14.5. The summed E-state index contributed by atoms with van der Waals surface area (Å²) in [6.45, 7) is 0. The Morgan fingerprint density at radius 1 is 1.07 bits per heavy atom. The lowest BCUT2D eigenvalue weighted by atomic mass is 10.1. The number of nitro groups is 1. The van der Waals surface area contributed by atoms with Crippen molar-refractivity contribution in [2.45, 2.75) is 0 Å². The van der Waals surface area contributed by atoms with Crippen LogP contribution in [-0.4, -0.2) is 20.8 Å². The zero-order valence-electron chi connectivity index (χ0n) is 14.5. The van der Waals surface area contributed by atoms with Crippen molar-refractivity contribution in [1.82, 2.24) is 9.97 Å². The fourth-order valence-corrected chi connectivity index (χ4v) is 2.88. The first-order valence-corrected chi connectivity index (χ1v) is 8.41. The molecule has 4 aromatic rings. The molecule has 8 heteroatoms. The van der Waals surface area contributed by atoms with E-state index in [0.29, 0.717) is 5.69 Å². The molecule has 0 saturated carbocycles. The molecule has 1 amide bonds. The summed E-state index contributed by atoms with van der Waals surface area (Å²) in [5.41, 5.74) is 8.93. The number of para-hydroxylation sites is 2. The summed E-state index contributed by atoms with van der Waals surface area (Å²) in [7, 11) is 0. The molecular formula is C20H15N5O3. The van der Waals surface area contributed by atoms with Crippen LogP contribution in [0.25, 0.3) is 22.4 Å². The van der Waals surface area contributed by atoms with Gasteiger partial charge in [-0.1, -0.05) is 12.1 Å². The molecular weight excluding hydrogens is 358 g/mol. The number of nitro benzene ring substituents is 1. The summed E-state index contributed by atoms with van der Waals surface area (Å²) in [5, 5.41) is 13.6. The van der Waals surface area contributed by atoms with E-state index < -0.39 is 10.8 Å². The highest BCUT2D eigenvalue weighted by Gasteiger charge is 2.14. The Bertz CT molecular complexity index is 1170. The standard InChI is InChI=1S/C20H15N5O3/c21-14-9-13(10-16(11-14)25(27)28)20(26)22-15-7-5-12(6-8-15)19-23-17-3-1-2-4-18(17)24-19/h1-11H,21H2,(H,22,26)(H,23,24). The molecule has 0 saturated heterocycles. The summed E-state index contributed by atoms with van der Waals surface area (Å²) in [5.74, 6) is 0.248. The number of nitrogens with two attached hydrogens (primary N) is 1. The molecule has 28 heavy (non-hydrogen) atoms. The van der Waals surface area contributed by atoms with Gasteiger partial charge in [0, 0.05) is 34.6 Å². The number of nitrogens with zero attached hydrogens (tertiary/aromatic N) is 2. The molecule has 8 nitrogen and oxygen atoms in total. The summed E-state index contributed by atoms with van der Waals surface area (Å²) in [6, 6.07) is 18.7. The second-order valence-corrected chi connectivity index (χ2v) is 6.20. The van der Waals surface area contributed by atoms with Crippen LogP contribution in [0.4, 0.5) is 17.1 Å². The van der Waals surface area contributed by atoms with Crippen molar-refractivity contribution in [1.29, 1.82) is 0 Å². The van der Waals surface area contributed by atoms with E-state index in [-0.39, 0.29) is 16.9 Å². The number of hydrogen-bond acceptors (Lipinski definition) is 5. The molecule has 0 spiro atoms. The maximum absolute atomic E-state index is 12.4. The Balaban J connectivity index is 1.54. The average molecular weight is 373 g/mol. The zero-order chi connectivity index (χ0) is 19.7. The fourth-order valence-electron chi connectivity index (χ4n) is 2.88. The number of aromatic amines is 1. The smallest absolute Gasteiger partial charge is 0.272 e. The van der Waals surface area contributed by atoms with Gasteiger partial charge in [0.25, 0.3) is 11.6 Å². The van der Waals surface area contributed by atoms with Crippen molar-refractivity contribution in [3.63, 3.8) is 0 Å². The van der Waals surface area contributed by atoms with Crippen molar-refractivity contribution in [2.24, 2.45) is 0 Å². The number of non-ortho nitro benzene ring substituents is 1. The first-order valence-electron chi connectivity index (χ1n) is 8.41. The van der Waals surface area contributed by atoms with Crippen LogP contribution in [0, 0.1) is 10.1 Å². The Morgan fingerprint density at radius 3 is 2.54 bits per heavy atom. The SMILES string of the molecule is Nc1cc(C(=O)Nc2ccc(-c3nc4ccccc4[nH]3)cc2)cc([N+](=O)[O-])c1. The predicted octanol–water partition coefficient (Wildman–Crippen LogP) is 3.97. The van der Waals surface area contributed by atoms with Crippen molar-refractivity contribution in [3.8, 4) is 11.4 Å². The highest BCUT2D eigenvalue weighted by atomic mass is 16.6. The number of carbonyl (C=O) groups is 1. The number of benzene rings is 3. The fraction of sp³-hybridized carbons (Fsp3) is 0. The number of aromatic nitrogens is 2. The van der Waals surface area contributed by atoms with Crippen LogP contribution in [0.5, 0.6) is 0 Å². The number of nitrogen functional groups attached to an aromatic ring is 1. The maximum Gasteiger partial charge on any atom is 0.272 e. The lowest BCUT2D eigenvalue weighted by Crippen LogP contribution is -2.12. The number of carbonyl (C=O) groups excluding carboxylic acids is 1. The van der Waals surface area contributed by atoms with E-state index >= 15 is 0 Å². The number of anilines is 2. The lowest BCUT2D eigenvalue weighted by Gasteiger charge is -2.07. The molecule has 0 aliphatic heterocycles. The summed E-state index contributed by atoms with van der Waals surface area (Å²) < 4.78 is 0. The normalized spacial score (nSPS) is 10.7. The Hall–Kier alpha value is -4.20. The summed E-state index contributed by atoms with van der Waals surface area (Å²) in [6.07, 6.45) is 0. The minimum atomic E-state index is -0.588. The molecule has 0 unspecified atom stereocenters. The minimum absolute atomic E-state index is 0.119. The first kappa shape index (κ1) is 17.2. The Labute approximate surface area is 159 Å². The Kier molecular flexibility index (Phi) is 4.21. The largest absolute Gasteiger partial charge is 0.399 e. The van der Waals surface area contributed by atoms with E-state index in [1.54, 1.807) is 12.1 Å². The van der Waals surface area contributed by atoms with Gasteiger partial charge in [0.1, 0.15) is 5.82 Å². The lowest BCUT2D eigenvalue weighted by molar-refractivity contribution is -0.384. The van der Waals surface area contributed by atoms with Crippen molar-refractivity contribution < 1.29 is 9.72 Å². The van der Waals surface area contributed by atoms with Crippen molar-refractivity contribution >= 4 is 34.0 Å². The highest BCUT2D eigenvalue weighted by molar-refractivity contribution is 6.05. The van der Waals surface area contributed by atoms with Crippen molar-refractivity contribution in [3.05, 3.63) is 82.4 Å². The second-order valence-electron chi connectivity index (χ2n) is 6.20. The van der Waals surface area contributed by atoms with E-state index in [4.69, 9.17) is 5.73 Å². The van der Waals surface area contributed by atoms with Gasteiger partial charge in [-0.2, -0.15) is 0 Å². The highest BCUT2D eigenvalue weighted by Crippen LogP contribution is 2.23. The average Bonchev–Trinajstić information content (AvgIpc) is 3.12. The third-order valence-corrected chi connectivity index (χ3v) is 4.22. The van der Waals surface area contributed by atoms with Gasteiger partial charge in [-0.05, 0) is 42.5 Å². The topological polar surface area (TPSA) is 127 Å². The quantitative estimate of drug-likeness (QED) is 0.283. The van der Waals surface area contributed by atoms with Crippen molar-refractivity contribution in [2.75, 3.05) is 11.1 Å². The van der Waals surface area contributed by atoms with Gasteiger partial charge >= 0.3 is 0 Å². The third-order valence-electron chi connectivity index (χ3n) is 4.22. The molecule has 0 atom stereocenters. The van der Waals surface area contributed by atoms with Gasteiger partial charge in [-0.15, -0.1) is 0 Å². The monoisotopic (exact) mass is 373 g/mol. The van der Waals surface area contributed by atoms with Crippen LogP contribution >= 0.6 is 0 Å². The van der Waals surface area contributed by atoms with Crippen LogP contribution in [0.1, 0.15) is 10.4 Å². The van der Waals surface area contributed by atoms with Crippen LogP contribution in [0.2, 0.25) is 0 Å². The van der Waals surface area contributed by atoms with E-state index in [0.717, 1.165) is 22.4 Å². The molecule has 4 N–H and O–H groups in total. The first-order chi connectivity index (χ1) is 13.5. The molecule has 0 radical (unpaired) electrons. The number of rotatable bonds is 4. The van der Waals surface area contributed by atoms with Gasteiger partial charge in [-0.3, -0.25) is 14.9 Å². The van der Waals surface area contributed by atoms with Crippen LogP contribution in [-0.2, 0) is 0 Å². The van der Waals surface area contributed by atoms with E-state index in [1.165, 1.54) is 18.2 Å². The van der Waals surface area contributed by atoms with Gasteiger partial charge in [0.15, 0.2) is 0 Å². The van der Waals surface area contributed by atoms with Gasteiger partial charge in [0.05, 0.1) is 16.0 Å². The number of amides is 1. The third kappa shape index (κ3) is 3.38. The van der Waals surface area contributed by atoms with Gasteiger partial charge in [0.2, 0.25) is 0 Å². The molecule has 1 heterocycles. The molecule has 0 aliphatic carbocycles. The van der Waals surface area contributed by atoms with Crippen LogP contribution < -0.4 is 11.1 Å². The maximum atomic E-state index is 12.4. The molecule has 138 valence electrons. The number of H-pyrrole nitrogens is 1. The minimum Gasteiger partial charge on any atom is -0.399 e. The Morgan fingerprint density at radius 2 is 1.82 bits per heavy atom. The molecule has 0 aliphatic rings. The molecule has 3 aromatic carbocycles. The molecule has 0 bridgehead atoms. The predicted molar refractivity (Wildman–Crippen MR) is 107 cm³/mol.